The fraction of sp³-hybridized carbons (Fsp3) is 0.188. The molecule has 0 fully saturated rings. The number of hydrogen-bond acceptors (Lipinski definition) is 3. The number of rotatable bonds is 7. The largest absolute Gasteiger partial charge is 0.481 e. The number of aliphatic carboxylic acids is 1. The maximum absolute atomic E-state index is 12.1. The Labute approximate surface area is 129 Å². The van der Waals surface area contributed by atoms with E-state index in [2.05, 4.69) is 4.72 Å². The van der Waals surface area contributed by atoms with E-state index in [0.717, 1.165) is 11.1 Å². The van der Waals surface area contributed by atoms with E-state index in [-0.39, 0.29) is 24.3 Å². The van der Waals surface area contributed by atoms with Gasteiger partial charge in [-0.2, -0.15) is 0 Å². The van der Waals surface area contributed by atoms with Gasteiger partial charge in [0.2, 0.25) is 10.0 Å². The Morgan fingerprint density at radius 2 is 1.55 bits per heavy atom. The van der Waals surface area contributed by atoms with Crippen molar-refractivity contribution >= 4 is 16.0 Å². The van der Waals surface area contributed by atoms with Crippen molar-refractivity contribution in [2.24, 2.45) is 0 Å². The standard InChI is InChI=1S/C16H17NO4S/c18-16(19)7-4-12-17-22(20,21)15-10-8-14(9-11-15)13-5-2-1-3-6-13/h1-3,5-6,8-11,17H,4,7,12H2,(H,18,19). The van der Waals surface area contributed by atoms with E-state index in [4.69, 9.17) is 5.11 Å². The van der Waals surface area contributed by atoms with Crippen molar-refractivity contribution in [1.29, 1.82) is 0 Å². The van der Waals surface area contributed by atoms with Crippen LogP contribution in [0.15, 0.2) is 59.5 Å². The zero-order valence-electron chi connectivity index (χ0n) is 11.9. The third kappa shape index (κ3) is 4.41. The van der Waals surface area contributed by atoms with Crippen molar-refractivity contribution in [2.75, 3.05) is 6.54 Å². The van der Waals surface area contributed by atoms with Gasteiger partial charge in [-0.05, 0) is 29.7 Å². The lowest BCUT2D eigenvalue weighted by molar-refractivity contribution is -0.137. The van der Waals surface area contributed by atoms with Gasteiger partial charge in [-0.3, -0.25) is 4.79 Å². The van der Waals surface area contributed by atoms with Crippen LogP contribution in [0.2, 0.25) is 0 Å². The summed E-state index contributed by atoms with van der Waals surface area (Å²) in [5.41, 5.74) is 1.95. The second-order valence-electron chi connectivity index (χ2n) is 4.79. The number of carboxylic acid groups (broad SMARTS) is 1. The van der Waals surface area contributed by atoms with E-state index < -0.39 is 16.0 Å². The molecule has 0 aliphatic rings. The quantitative estimate of drug-likeness (QED) is 0.768. The third-order valence-corrected chi connectivity index (χ3v) is 4.61. The molecule has 0 saturated carbocycles. The fourth-order valence-electron chi connectivity index (χ4n) is 1.99. The van der Waals surface area contributed by atoms with E-state index in [9.17, 15) is 13.2 Å². The topological polar surface area (TPSA) is 83.5 Å². The summed E-state index contributed by atoms with van der Waals surface area (Å²) in [7, 11) is -3.60. The number of carboxylic acids is 1. The molecule has 0 amide bonds. The second-order valence-corrected chi connectivity index (χ2v) is 6.55. The first kappa shape index (κ1) is 16.2. The normalized spacial score (nSPS) is 11.3. The van der Waals surface area contributed by atoms with E-state index in [1.54, 1.807) is 24.3 Å². The van der Waals surface area contributed by atoms with Crippen LogP contribution in [0.4, 0.5) is 0 Å². The average molecular weight is 319 g/mol. The lowest BCUT2D eigenvalue weighted by Crippen LogP contribution is -2.25. The molecule has 0 aliphatic heterocycles. The van der Waals surface area contributed by atoms with E-state index in [1.165, 1.54) is 0 Å². The molecule has 0 unspecified atom stereocenters. The van der Waals surface area contributed by atoms with Gasteiger partial charge in [-0.25, -0.2) is 13.1 Å². The van der Waals surface area contributed by atoms with Gasteiger partial charge in [-0.1, -0.05) is 42.5 Å². The number of sulfonamides is 1. The minimum Gasteiger partial charge on any atom is -0.481 e. The maximum atomic E-state index is 12.1. The molecule has 116 valence electrons. The third-order valence-electron chi connectivity index (χ3n) is 3.13. The SMILES string of the molecule is O=C(O)CCCNS(=O)(=O)c1ccc(-c2ccccc2)cc1. The Morgan fingerprint density at radius 3 is 2.14 bits per heavy atom. The first-order valence-corrected chi connectivity index (χ1v) is 8.34. The van der Waals surface area contributed by atoms with Crippen LogP contribution in [-0.4, -0.2) is 26.0 Å². The lowest BCUT2D eigenvalue weighted by atomic mass is 10.1. The minimum atomic E-state index is -3.60. The van der Waals surface area contributed by atoms with Gasteiger partial charge in [0.25, 0.3) is 0 Å². The average Bonchev–Trinajstić information content (AvgIpc) is 2.52. The molecule has 0 atom stereocenters. The van der Waals surface area contributed by atoms with Crippen LogP contribution >= 0.6 is 0 Å². The van der Waals surface area contributed by atoms with Crippen molar-refractivity contribution in [2.45, 2.75) is 17.7 Å². The van der Waals surface area contributed by atoms with Gasteiger partial charge in [0.05, 0.1) is 4.90 Å². The summed E-state index contributed by atoms with van der Waals surface area (Å²) >= 11 is 0. The zero-order valence-corrected chi connectivity index (χ0v) is 12.7. The highest BCUT2D eigenvalue weighted by Gasteiger charge is 2.13. The van der Waals surface area contributed by atoms with Gasteiger partial charge in [-0.15, -0.1) is 0 Å². The monoisotopic (exact) mass is 319 g/mol. The molecule has 2 rings (SSSR count). The Kier molecular flexibility index (Phi) is 5.30. The summed E-state index contributed by atoms with van der Waals surface area (Å²) in [6, 6.07) is 16.3. The summed E-state index contributed by atoms with van der Waals surface area (Å²) in [6.45, 7) is 0.106. The summed E-state index contributed by atoms with van der Waals surface area (Å²) in [5, 5.41) is 8.52. The highest BCUT2D eigenvalue weighted by molar-refractivity contribution is 7.89. The summed E-state index contributed by atoms with van der Waals surface area (Å²) in [4.78, 5) is 10.6. The maximum Gasteiger partial charge on any atom is 0.303 e. The van der Waals surface area contributed by atoms with Crippen LogP contribution in [-0.2, 0) is 14.8 Å². The van der Waals surface area contributed by atoms with Crippen LogP contribution in [0.1, 0.15) is 12.8 Å². The highest BCUT2D eigenvalue weighted by atomic mass is 32.2. The van der Waals surface area contributed by atoms with Gasteiger partial charge >= 0.3 is 5.97 Å². The number of benzene rings is 2. The van der Waals surface area contributed by atoms with E-state index in [0.29, 0.717) is 0 Å². The lowest BCUT2D eigenvalue weighted by Gasteiger charge is -2.07. The second kappa shape index (κ2) is 7.20. The van der Waals surface area contributed by atoms with E-state index >= 15 is 0 Å². The van der Waals surface area contributed by atoms with Crippen molar-refractivity contribution < 1.29 is 18.3 Å². The molecule has 2 aromatic carbocycles. The minimum absolute atomic E-state index is 0.0601. The highest BCUT2D eigenvalue weighted by Crippen LogP contribution is 2.20. The Morgan fingerprint density at radius 1 is 0.955 bits per heavy atom. The Balaban J connectivity index is 2.04. The molecule has 0 saturated heterocycles. The van der Waals surface area contributed by atoms with Crippen molar-refractivity contribution in [3.8, 4) is 11.1 Å². The molecule has 0 spiro atoms. The summed E-state index contributed by atoms with van der Waals surface area (Å²) in [5.74, 6) is -0.939. The zero-order chi connectivity index (χ0) is 16.0. The molecule has 0 bridgehead atoms. The molecule has 2 N–H and O–H groups in total. The van der Waals surface area contributed by atoms with Crippen LogP contribution in [0.25, 0.3) is 11.1 Å². The van der Waals surface area contributed by atoms with Crippen molar-refractivity contribution in [3.63, 3.8) is 0 Å². The number of hydrogen-bond donors (Lipinski definition) is 2. The molecule has 0 radical (unpaired) electrons. The first-order valence-electron chi connectivity index (χ1n) is 6.86. The van der Waals surface area contributed by atoms with Crippen LogP contribution < -0.4 is 4.72 Å². The smallest absolute Gasteiger partial charge is 0.303 e. The van der Waals surface area contributed by atoms with Gasteiger partial charge in [0.1, 0.15) is 0 Å². The molecule has 0 aromatic heterocycles. The molecule has 5 nitrogen and oxygen atoms in total. The Bertz CT molecular complexity index is 725. The van der Waals surface area contributed by atoms with Crippen LogP contribution in [0.5, 0.6) is 0 Å². The molecule has 0 heterocycles. The molecule has 2 aromatic rings. The van der Waals surface area contributed by atoms with Gasteiger partial charge < -0.3 is 5.11 Å². The first-order chi connectivity index (χ1) is 10.5. The number of carbonyl (C=O) groups is 1. The molecular weight excluding hydrogens is 302 g/mol. The van der Waals surface area contributed by atoms with Crippen molar-refractivity contribution in [1.82, 2.24) is 4.72 Å². The predicted molar refractivity (Wildman–Crippen MR) is 83.9 cm³/mol. The van der Waals surface area contributed by atoms with E-state index in [1.807, 2.05) is 30.3 Å². The van der Waals surface area contributed by atoms with Crippen molar-refractivity contribution in [3.05, 3.63) is 54.6 Å². The molecular formula is C16H17NO4S. The number of nitrogens with one attached hydrogen (secondary N) is 1. The van der Waals surface area contributed by atoms with Gasteiger partial charge in [0.15, 0.2) is 0 Å². The molecule has 22 heavy (non-hydrogen) atoms. The van der Waals surface area contributed by atoms with Crippen LogP contribution in [0, 0.1) is 0 Å². The fourth-order valence-corrected chi connectivity index (χ4v) is 3.06. The predicted octanol–water partition coefficient (Wildman–Crippen LogP) is 2.50. The summed E-state index contributed by atoms with van der Waals surface area (Å²) in [6.07, 6.45) is 0.201. The summed E-state index contributed by atoms with van der Waals surface area (Å²) < 4.78 is 26.5. The van der Waals surface area contributed by atoms with Crippen LogP contribution in [0.3, 0.4) is 0 Å². The Hall–Kier alpha value is -2.18. The van der Waals surface area contributed by atoms with Gasteiger partial charge in [0, 0.05) is 13.0 Å². The molecule has 6 heteroatoms. The molecule has 0 aliphatic carbocycles.